The number of anilines is 1. The Morgan fingerprint density at radius 2 is 1.86 bits per heavy atom. The van der Waals surface area contributed by atoms with Crippen LogP contribution in [0.3, 0.4) is 0 Å². The number of methoxy groups -OCH3 is 1. The number of hydrogen-bond donors (Lipinski definition) is 1. The Balaban J connectivity index is 1.73. The van der Waals surface area contributed by atoms with Crippen LogP contribution in [0.4, 0.5) is 5.69 Å². The Morgan fingerprint density at radius 3 is 2.50 bits per heavy atom. The molecule has 4 aromatic rings. The Labute approximate surface area is 210 Å². The zero-order chi connectivity index (χ0) is 25.4. The number of ether oxygens (including phenoxy) is 1. The zero-order valence-electron chi connectivity index (χ0n) is 20.9. The second-order valence-electron chi connectivity index (χ2n) is 9.55. The molecule has 1 atom stereocenters. The van der Waals surface area contributed by atoms with Crippen molar-refractivity contribution in [2.45, 2.75) is 45.2 Å². The topological polar surface area (TPSA) is 93.6 Å². The van der Waals surface area contributed by atoms with E-state index < -0.39 is 6.04 Å². The lowest BCUT2D eigenvalue weighted by molar-refractivity contribution is 0.0982. The molecule has 2 aromatic carbocycles. The number of para-hydroxylation sites is 1. The third-order valence-corrected chi connectivity index (χ3v) is 7.09. The second-order valence-corrected chi connectivity index (χ2v) is 9.55. The van der Waals surface area contributed by atoms with Crippen molar-refractivity contribution in [2.24, 2.45) is 0 Å². The monoisotopic (exact) mass is 486 g/mol. The molecular weight excluding hydrogens is 456 g/mol. The summed E-state index contributed by atoms with van der Waals surface area (Å²) in [5, 5.41) is 18.6. The smallest absolute Gasteiger partial charge is 0.277 e. The van der Waals surface area contributed by atoms with E-state index in [0.717, 1.165) is 40.2 Å². The van der Waals surface area contributed by atoms with Gasteiger partial charge >= 0.3 is 0 Å². The molecule has 1 aliphatic rings. The van der Waals surface area contributed by atoms with Crippen molar-refractivity contribution in [2.75, 3.05) is 18.6 Å². The predicted molar refractivity (Wildman–Crippen MR) is 136 cm³/mol. The largest absolute Gasteiger partial charge is 0.496 e. The van der Waals surface area contributed by atoms with Crippen LogP contribution in [0.2, 0.25) is 0 Å². The maximum atomic E-state index is 14.1. The molecule has 8 nitrogen and oxygen atoms in total. The molecule has 0 fully saturated rings. The summed E-state index contributed by atoms with van der Waals surface area (Å²) >= 11 is 0. The normalized spacial score (nSPS) is 15.4. The maximum absolute atomic E-state index is 14.1. The van der Waals surface area contributed by atoms with E-state index in [-0.39, 0.29) is 24.5 Å². The Hall–Kier alpha value is -3.91. The van der Waals surface area contributed by atoms with Gasteiger partial charge in [-0.3, -0.25) is 14.4 Å². The van der Waals surface area contributed by atoms with Gasteiger partial charge in [-0.15, -0.1) is 0 Å². The van der Waals surface area contributed by atoms with Gasteiger partial charge in [-0.1, -0.05) is 56.3 Å². The summed E-state index contributed by atoms with van der Waals surface area (Å²) in [4.78, 5) is 15.9. The number of carbonyl (C=O) groups excluding carboxylic acids is 1. The van der Waals surface area contributed by atoms with Crippen molar-refractivity contribution in [1.29, 1.82) is 0 Å². The summed E-state index contributed by atoms with van der Waals surface area (Å²) in [5.41, 5.74) is 5.20. The van der Waals surface area contributed by atoms with Crippen LogP contribution in [0.25, 0.3) is 11.3 Å². The van der Waals surface area contributed by atoms with Crippen molar-refractivity contribution >= 4 is 11.6 Å². The van der Waals surface area contributed by atoms with E-state index in [1.165, 1.54) is 6.26 Å². The van der Waals surface area contributed by atoms with Crippen molar-refractivity contribution in [3.63, 3.8) is 0 Å². The molecule has 2 aromatic heterocycles. The van der Waals surface area contributed by atoms with Crippen LogP contribution < -0.4 is 9.64 Å². The van der Waals surface area contributed by atoms with Crippen LogP contribution in [0, 0.1) is 0 Å². The van der Waals surface area contributed by atoms with Gasteiger partial charge in [0.1, 0.15) is 23.4 Å². The highest BCUT2D eigenvalue weighted by Crippen LogP contribution is 2.48. The maximum Gasteiger partial charge on any atom is 0.277 e. The summed E-state index contributed by atoms with van der Waals surface area (Å²) in [6.07, 6.45) is 2.38. The Kier molecular flexibility index (Phi) is 6.14. The van der Waals surface area contributed by atoms with Gasteiger partial charge in [-0.25, -0.2) is 0 Å². The number of nitrogens with zero attached hydrogens (tertiary/aromatic N) is 4. The van der Waals surface area contributed by atoms with Crippen molar-refractivity contribution < 1.29 is 19.2 Å². The predicted octanol–water partition coefficient (Wildman–Crippen LogP) is 4.98. The molecule has 0 radical (unpaired) electrons. The van der Waals surface area contributed by atoms with E-state index in [4.69, 9.17) is 14.4 Å². The number of aliphatic hydroxyl groups excluding tert-OH is 1. The van der Waals surface area contributed by atoms with Crippen LogP contribution in [0.5, 0.6) is 5.75 Å². The quantitative estimate of drug-likeness (QED) is 0.378. The minimum Gasteiger partial charge on any atom is -0.496 e. The molecule has 0 saturated carbocycles. The first-order valence-corrected chi connectivity index (χ1v) is 12.1. The fourth-order valence-corrected chi connectivity index (χ4v) is 4.85. The van der Waals surface area contributed by atoms with Crippen LogP contribution in [0.1, 0.15) is 60.5 Å². The summed E-state index contributed by atoms with van der Waals surface area (Å²) in [5.74, 6) is 0.539. The van der Waals surface area contributed by atoms with Gasteiger partial charge in [0.25, 0.3) is 5.91 Å². The van der Waals surface area contributed by atoms with E-state index in [1.54, 1.807) is 22.8 Å². The number of benzene rings is 2. The van der Waals surface area contributed by atoms with Gasteiger partial charge in [0.05, 0.1) is 32.0 Å². The zero-order valence-corrected chi connectivity index (χ0v) is 20.9. The first-order valence-electron chi connectivity index (χ1n) is 12.1. The van der Waals surface area contributed by atoms with Crippen molar-refractivity contribution in [1.82, 2.24) is 14.9 Å². The molecule has 186 valence electrons. The first-order chi connectivity index (χ1) is 17.4. The molecule has 1 unspecified atom stereocenters. The van der Waals surface area contributed by atoms with Crippen LogP contribution >= 0.6 is 0 Å². The second kappa shape index (κ2) is 9.28. The van der Waals surface area contributed by atoms with Gasteiger partial charge in [0, 0.05) is 33.9 Å². The fraction of sp³-hybridized carbons (Fsp3) is 0.321. The highest BCUT2D eigenvalue weighted by molar-refractivity contribution is 6.11. The van der Waals surface area contributed by atoms with E-state index >= 15 is 0 Å². The Bertz CT molecular complexity index is 1370. The number of aliphatic hydroxyl groups is 1. The van der Waals surface area contributed by atoms with Gasteiger partial charge in [0.15, 0.2) is 0 Å². The molecule has 0 spiro atoms. The number of hydrogen-bond acceptors (Lipinski definition) is 6. The molecule has 1 aliphatic heterocycles. The number of rotatable bonds is 8. The molecule has 5 rings (SSSR count). The molecule has 8 heteroatoms. The van der Waals surface area contributed by atoms with E-state index in [0.29, 0.717) is 11.4 Å². The summed E-state index contributed by atoms with van der Waals surface area (Å²) in [6.45, 7) is 6.52. The van der Waals surface area contributed by atoms with Crippen LogP contribution in [-0.4, -0.2) is 39.7 Å². The molecule has 1 N–H and O–H groups in total. The number of amides is 1. The summed E-state index contributed by atoms with van der Waals surface area (Å²) in [6, 6.07) is 16.8. The molecule has 36 heavy (non-hydrogen) atoms. The average Bonchev–Trinajstić information content (AvgIpc) is 3.62. The lowest BCUT2D eigenvalue weighted by atomic mass is 9.81. The first kappa shape index (κ1) is 23.8. The fourth-order valence-electron chi connectivity index (χ4n) is 4.85. The minimum absolute atomic E-state index is 0.112. The summed E-state index contributed by atoms with van der Waals surface area (Å²) in [7, 11) is 1.64. The van der Waals surface area contributed by atoms with Gasteiger partial charge in [-0.05, 0) is 24.6 Å². The number of aromatic nitrogens is 3. The molecule has 3 heterocycles. The molecule has 0 aliphatic carbocycles. The van der Waals surface area contributed by atoms with E-state index in [1.807, 2.05) is 48.5 Å². The van der Waals surface area contributed by atoms with Crippen molar-refractivity contribution in [3.05, 3.63) is 83.4 Å². The van der Waals surface area contributed by atoms with E-state index in [2.05, 4.69) is 25.9 Å². The van der Waals surface area contributed by atoms with Crippen LogP contribution in [0.15, 0.2) is 65.4 Å². The lowest BCUT2D eigenvalue weighted by Crippen LogP contribution is -2.32. The molecule has 0 saturated heterocycles. The van der Waals surface area contributed by atoms with E-state index in [9.17, 15) is 9.90 Å². The SMILES string of the molecule is CCC(C)(C)c1nn(CCO)c2c1C(c1ccccc1OC)N(c1ccc(-c3ccon3)cc1)C2=O. The van der Waals surface area contributed by atoms with Gasteiger partial charge < -0.3 is 14.4 Å². The minimum atomic E-state index is -0.435. The average molecular weight is 487 g/mol. The highest BCUT2D eigenvalue weighted by Gasteiger charge is 2.47. The molecular formula is C28H30N4O4. The van der Waals surface area contributed by atoms with Gasteiger partial charge in [0.2, 0.25) is 0 Å². The lowest BCUT2D eigenvalue weighted by Gasteiger charge is -2.30. The van der Waals surface area contributed by atoms with Crippen LogP contribution in [-0.2, 0) is 12.0 Å². The third-order valence-electron chi connectivity index (χ3n) is 7.09. The van der Waals surface area contributed by atoms with Crippen molar-refractivity contribution in [3.8, 4) is 17.0 Å². The number of fused-ring (bicyclic) bond motifs is 1. The molecule has 1 amide bonds. The number of carbonyl (C=O) groups is 1. The summed E-state index contributed by atoms with van der Waals surface area (Å²) < 4.78 is 12.4. The Morgan fingerprint density at radius 1 is 1.11 bits per heavy atom. The van der Waals surface area contributed by atoms with Gasteiger partial charge in [-0.2, -0.15) is 5.10 Å². The highest BCUT2D eigenvalue weighted by atomic mass is 16.5. The third kappa shape index (κ3) is 3.78. The standard InChI is InChI=1S/C28H30N4O4/c1-5-28(2,3)26-23-24(20-8-6-7-9-22(20)35-4)32(27(34)25(23)31(29-26)15-16-33)19-12-10-18(11-13-19)21-14-17-36-30-21/h6-14,17,24,33H,5,15-16H2,1-4H3. The molecule has 0 bridgehead atoms.